The molecule has 2 aliphatic rings. The Kier molecular flexibility index (Phi) is 4.44. The van der Waals surface area contributed by atoms with Gasteiger partial charge in [0.25, 0.3) is 0 Å². The van der Waals surface area contributed by atoms with Crippen LogP contribution in [-0.4, -0.2) is 32.9 Å². The summed E-state index contributed by atoms with van der Waals surface area (Å²) in [6, 6.07) is 8.69. The molecule has 1 atom stereocenters. The van der Waals surface area contributed by atoms with E-state index in [4.69, 9.17) is 21.1 Å². The Hall–Kier alpha value is -3.71. The molecule has 0 N–H and O–H groups in total. The number of nitrogens with zero attached hydrogens (tertiary/aromatic N) is 4. The van der Waals surface area contributed by atoms with Gasteiger partial charge in [-0.15, -0.1) is 0 Å². The number of allylic oxidation sites excluding steroid dienone is 1. The maximum Gasteiger partial charge on any atom is 0.206 e. The van der Waals surface area contributed by atoms with Gasteiger partial charge in [-0.05, 0) is 24.3 Å². The number of benzene rings is 1. The van der Waals surface area contributed by atoms with Crippen LogP contribution in [0.3, 0.4) is 0 Å². The summed E-state index contributed by atoms with van der Waals surface area (Å²) >= 11 is 6.04. The molecule has 30 heavy (non-hydrogen) atoms. The third kappa shape index (κ3) is 3.51. The number of carbonyl (C=O) groups is 1. The molecule has 2 aromatic heterocycles. The third-order valence-corrected chi connectivity index (χ3v) is 4.87. The second-order valence-electron chi connectivity index (χ2n) is 6.84. The summed E-state index contributed by atoms with van der Waals surface area (Å²) in [6.45, 7) is 0. The lowest BCUT2D eigenvalue weighted by atomic mass is 10.1. The van der Waals surface area contributed by atoms with Gasteiger partial charge in [-0.3, -0.25) is 19.5 Å². The normalized spacial score (nSPS) is 17.3. The van der Waals surface area contributed by atoms with Crippen LogP contribution >= 0.6 is 11.6 Å². The van der Waals surface area contributed by atoms with Gasteiger partial charge in [-0.25, -0.2) is 0 Å². The van der Waals surface area contributed by atoms with Crippen LogP contribution < -0.4 is 9.47 Å². The van der Waals surface area contributed by atoms with Gasteiger partial charge < -0.3 is 9.47 Å². The number of hydrogen-bond donors (Lipinski definition) is 0. The number of aliphatic imine (C=N–C) groups is 1. The Bertz CT molecular complexity index is 1260. The molecule has 1 aromatic carbocycles. The Morgan fingerprint density at radius 2 is 2.10 bits per heavy atom. The fraction of sp³-hybridized carbons (Fsp3) is 0.0909. The smallest absolute Gasteiger partial charge is 0.206 e. The van der Waals surface area contributed by atoms with Gasteiger partial charge in [-0.1, -0.05) is 11.6 Å². The van der Waals surface area contributed by atoms with Crippen LogP contribution in [0.1, 0.15) is 5.56 Å². The van der Waals surface area contributed by atoms with Crippen molar-refractivity contribution in [2.24, 2.45) is 12.0 Å². The summed E-state index contributed by atoms with van der Waals surface area (Å²) < 4.78 is 13.5. The predicted octanol–water partition coefficient (Wildman–Crippen LogP) is 3.74. The zero-order valence-corrected chi connectivity index (χ0v) is 16.6. The number of pyridine rings is 1. The summed E-state index contributed by atoms with van der Waals surface area (Å²) in [5.41, 5.74) is 2.76. The van der Waals surface area contributed by atoms with E-state index in [2.05, 4.69) is 15.1 Å². The summed E-state index contributed by atoms with van der Waals surface area (Å²) in [5, 5.41) is 4.72. The molecular weight excluding hydrogens is 404 g/mol. The maximum absolute atomic E-state index is 12.7. The minimum atomic E-state index is -0.820. The Morgan fingerprint density at radius 3 is 2.93 bits per heavy atom. The number of hydrogen-bond acceptors (Lipinski definition) is 6. The van der Waals surface area contributed by atoms with Crippen LogP contribution in [0.5, 0.6) is 11.5 Å². The fourth-order valence-corrected chi connectivity index (χ4v) is 3.41. The first-order chi connectivity index (χ1) is 14.5. The van der Waals surface area contributed by atoms with E-state index in [1.54, 1.807) is 59.7 Å². The molecule has 3 heterocycles. The van der Waals surface area contributed by atoms with Crippen molar-refractivity contribution < 1.29 is 14.3 Å². The van der Waals surface area contributed by atoms with Gasteiger partial charge in [0.15, 0.2) is 0 Å². The quantitative estimate of drug-likeness (QED) is 0.647. The molecule has 7 nitrogen and oxygen atoms in total. The lowest BCUT2D eigenvalue weighted by Gasteiger charge is -2.20. The maximum atomic E-state index is 12.7. The Morgan fingerprint density at radius 1 is 1.20 bits per heavy atom. The molecule has 0 fully saturated rings. The second-order valence-corrected chi connectivity index (χ2v) is 7.27. The molecule has 5 rings (SSSR count). The van der Waals surface area contributed by atoms with Crippen molar-refractivity contribution in [1.82, 2.24) is 14.8 Å². The van der Waals surface area contributed by atoms with Gasteiger partial charge in [0.05, 0.1) is 17.6 Å². The molecule has 8 heteroatoms. The van der Waals surface area contributed by atoms with Crippen molar-refractivity contribution in [2.75, 3.05) is 0 Å². The van der Waals surface area contributed by atoms with Gasteiger partial charge in [-0.2, -0.15) is 5.10 Å². The number of ketones is 1. The minimum Gasteiger partial charge on any atom is -0.475 e. The molecule has 0 radical (unpaired) electrons. The van der Waals surface area contributed by atoms with E-state index in [1.807, 2.05) is 13.2 Å². The van der Waals surface area contributed by atoms with E-state index in [1.165, 1.54) is 6.08 Å². The summed E-state index contributed by atoms with van der Waals surface area (Å²) in [4.78, 5) is 21.5. The number of halogens is 1. The number of aromatic nitrogens is 3. The highest BCUT2D eigenvalue weighted by Crippen LogP contribution is 2.31. The average molecular weight is 419 g/mol. The highest BCUT2D eigenvalue weighted by molar-refractivity contribution is 6.31. The standard InChI is InChI=1S/C22H15ClN4O3/c1-27-12-14(11-26-27)18-7-16(4-5-24-18)29-17-8-19-22(20(28)9-17)30-21-3-2-15(23)6-13(21)10-25-19/h2-12,22H,1H3. The molecule has 0 saturated carbocycles. The molecule has 0 amide bonds. The van der Waals surface area contributed by atoms with Gasteiger partial charge in [0.2, 0.25) is 11.9 Å². The molecule has 1 aliphatic heterocycles. The summed E-state index contributed by atoms with van der Waals surface area (Å²) in [6.07, 6.45) is 9.16. The van der Waals surface area contributed by atoms with Gasteiger partial charge in [0, 0.05) is 60.0 Å². The monoisotopic (exact) mass is 418 g/mol. The second kappa shape index (κ2) is 7.27. The molecule has 148 valence electrons. The minimum absolute atomic E-state index is 0.246. The molecule has 0 spiro atoms. The van der Waals surface area contributed by atoms with Crippen LogP contribution in [0.15, 0.2) is 77.5 Å². The summed E-state index contributed by atoms with van der Waals surface area (Å²) in [5.74, 6) is 1.23. The SMILES string of the molecule is Cn1cc(-c2cc(OC3=CC(=O)C4Oc5ccc(Cl)cc5C=NC4=C3)ccn2)cn1. The zero-order chi connectivity index (χ0) is 20.7. The van der Waals surface area contributed by atoms with Crippen molar-refractivity contribution in [1.29, 1.82) is 0 Å². The zero-order valence-electron chi connectivity index (χ0n) is 15.8. The van der Waals surface area contributed by atoms with Gasteiger partial charge in [0.1, 0.15) is 17.3 Å². The van der Waals surface area contributed by atoms with Gasteiger partial charge >= 0.3 is 0 Å². The number of rotatable bonds is 3. The van der Waals surface area contributed by atoms with E-state index in [0.717, 1.165) is 11.3 Å². The average Bonchev–Trinajstić information content (AvgIpc) is 3.07. The lowest BCUT2D eigenvalue weighted by molar-refractivity contribution is -0.119. The van der Waals surface area contributed by atoms with Crippen molar-refractivity contribution in [3.05, 3.63) is 83.1 Å². The number of ether oxygens (including phenoxy) is 2. The van der Waals surface area contributed by atoms with Crippen LogP contribution in [-0.2, 0) is 11.8 Å². The molecule has 1 unspecified atom stereocenters. The molecule has 3 aromatic rings. The fourth-order valence-electron chi connectivity index (χ4n) is 3.23. The highest BCUT2D eigenvalue weighted by atomic mass is 35.5. The van der Waals surface area contributed by atoms with Crippen LogP contribution in [0.25, 0.3) is 11.3 Å². The number of fused-ring (bicyclic) bond motifs is 2. The van der Waals surface area contributed by atoms with E-state index >= 15 is 0 Å². The first-order valence-corrected chi connectivity index (χ1v) is 9.53. The third-order valence-electron chi connectivity index (χ3n) is 4.64. The number of carbonyl (C=O) groups excluding carboxylic acids is 1. The first kappa shape index (κ1) is 18.3. The van der Waals surface area contributed by atoms with Crippen molar-refractivity contribution in [2.45, 2.75) is 6.10 Å². The van der Waals surface area contributed by atoms with E-state index in [0.29, 0.717) is 33.5 Å². The van der Waals surface area contributed by atoms with E-state index in [9.17, 15) is 4.79 Å². The largest absolute Gasteiger partial charge is 0.475 e. The van der Waals surface area contributed by atoms with Crippen molar-refractivity contribution >= 4 is 23.6 Å². The number of aryl methyl sites for hydroxylation is 1. The predicted molar refractivity (Wildman–Crippen MR) is 112 cm³/mol. The topological polar surface area (TPSA) is 78.6 Å². The van der Waals surface area contributed by atoms with E-state index < -0.39 is 6.10 Å². The van der Waals surface area contributed by atoms with E-state index in [-0.39, 0.29) is 5.78 Å². The first-order valence-electron chi connectivity index (χ1n) is 9.15. The molecule has 1 aliphatic carbocycles. The molecular formula is C22H15ClN4O3. The van der Waals surface area contributed by atoms with Crippen molar-refractivity contribution in [3.63, 3.8) is 0 Å². The lowest BCUT2D eigenvalue weighted by Crippen LogP contribution is -2.30. The molecule has 0 saturated heterocycles. The Balaban J connectivity index is 1.42. The highest BCUT2D eigenvalue weighted by Gasteiger charge is 2.30. The van der Waals surface area contributed by atoms with Crippen LogP contribution in [0.2, 0.25) is 5.02 Å². The summed E-state index contributed by atoms with van der Waals surface area (Å²) in [7, 11) is 1.84. The van der Waals surface area contributed by atoms with Crippen molar-refractivity contribution in [3.8, 4) is 22.8 Å². The Labute approximate surface area is 176 Å². The van der Waals surface area contributed by atoms with Crippen LogP contribution in [0, 0.1) is 0 Å². The molecule has 0 bridgehead atoms. The van der Waals surface area contributed by atoms with Crippen LogP contribution in [0.4, 0.5) is 0 Å².